The lowest BCUT2D eigenvalue weighted by atomic mass is 9.45. The largest absolute Gasteiger partial charge is 0.533 e. The number of carbonyl (C=O) groups excluding carboxylic acids is 1. The van der Waals surface area contributed by atoms with Crippen molar-refractivity contribution < 1.29 is 14.3 Å². The first-order chi connectivity index (χ1) is 13.4. The molecule has 0 bridgehead atoms. The van der Waals surface area contributed by atoms with Crippen molar-refractivity contribution in [1.82, 2.24) is 5.32 Å². The van der Waals surface area contributed by atoms with Crippen LogP contribution >= 0.6 is 8.03 Å². The average molecular weight is 423 g/mol. The van der Waals surface area contributed by atoms with E-state index >= 15 is 0 Å². The van der Waals surface area contributed by atoms with E-state index in [1.807, 2.05) is 20.8 Å². The molecule has 0 saturated heterocycles. The van der Waals surface area contributed by atoms with Crippen molar-refractivity contribution in [1.29, 1.82) is 0 Å². The van der Waals surface area contributed by atoms with Crippen LogP contribution in [0.5, 0.6) is 0 Å². The molecule has 2 N–H and O–H groups in total. The molecule has 5 heteroatoms. The van der Waals surface area contributed by atoms with Gasteiger partial charge >= 0.3 is 8.03 Å². The van der Waals surface area contributed by atoms with Gasteiger partial charge in [0.05, 0.1) is 0 Å². The lowest BCUT2D eigenvalue weighted by molar-refractivity contribution is -0.134. The molecular formula is C24H41NO3P+. The topological polar surface area (TPSA) is 66.4 Å². The molecule has 0 aromatic heterocycles. The summed E-state index contributed by atoms with van der Waals surface area (Å²) in [6.07, 6.45) is 11.6. The molecule has 4 aliphatic carbocycles. The first kappa shape index (κ1) is 21.8. The number of hydrogen-bond acceptors (Lipinski definition) is 2. The number of hydrogen-bond donors (Lipinski definition) is 2. The van der Waals surface area contributed by atoms with Crippen molar-refractivity contribution in [3.8, 4) is 0 Å². The van der Waals surface area contributed by atoms with Gasteiger partial charge in [0.25, 0.3) is 5.28 Å². The van der Waals surface area contributed by atoms with E-state index in [1.54, 1.807) is 0 Å². The Bertz CT molecular complexity index is 703. The van der Waals surface area contributed by atoms with E-state index in [9.17, 15) is 14.3 Å². The summed E-state index contributed by atoms with van der Waals surface area (Å²) >= 11 is 0. The summed E-state index contributed by atoms with van der Waals surface area (Å²) in [7, 11) is -2.46. The highest BCUT2D eigenvalue weighted by Gasteiger charge is 2.64. The van der Waals surface area contributed by atoms with Crippen LogP contribution in [0, 0.1) is 39.9 Å². The zero-order chi connectivity index (χ0) is 21.2. The van der Waals surface area contributed by atoms with Gasteiger partial charge in [-0.1, -0.05) is 41.0 Å². The van der Waals surface area contributed by atoms with E-state index in [1.165, 1.54) is 38.5 Å². The van der Waals surface area contributed by atoms with Gasteiger partial charge in [0.1, 0.15) is 0 Å². The van der Waals surface area contributed by atoms with Crippen LogP contribution in [-0.2, 0) is 9.36 Å². The lowest BCUT2D eigenvalue weighted by Gasteiger charge is -2.60. The molecular weight excluding hydrogens is 381 g/mol. The molecule has 4 nitrogen and oxygen atoms in total. The Morgan fingerprint density at radius 3 is 2.38 bits per heavy atom. The second-order valence-electron chi connectivity index (χ2n) is 12.5. The van der Waals surface area contributed by atoms with E-state index < -0.39 is 18.7 Å². The summed E-state index contributed by atoms with van der Waals surface area (Å²) < 4.78 is 12.5. The van der Waals surface area contributed by atoms with Crippen LogP contribution in [0.3, 0.4) is 0 Å². The molecule has 0 spiro atoms. The van der Waals surface area contributed by atoms with Crippen LogP contribution in [0.15, 0.2) is 0 Å². The fourth-order valence-corrected chi connectivity index (χ4v) is 8.85. The van der Waals surface area contributed by atoms with Crippen LogP contribution in [0.25, 0.3) is 0 Å². The second-order valence-corrected chi connectivity index (χ2v) is 13.9. The number of nitrogens with one attached hydrogen (secondary N) is 1. The summed E-state index contributed by atoms with van der Waals surface area (Å²) in [5, 5.41) is 2.13. The Balaban J connectivity index is 1.57. The van der Waals surface area contributed by atoms with Crippen molar-refractivity contribution in [2.75, 3.05) is 0 Å². The molecule has 5 unspecified atom stereocenters. The molecule has 4 saturated carbocycles. The van der Waals surface area contributed by atoms with Gasteiger partial charge in [-0.05, 0) is 84.0 Å². The third-order valence-electron chi connectivity index (χ3n) is 9.90. The van der Waals surface area contributed by atoms with E-state index in [4.69, 9.17) is 0 Å². The first-order valence-electron chi connectivity index (χ1n) is 11.9. The number of carbonyl (C=O) groups is 1. The Morgan fingerprint density at radius 2 is 1.72 bits per heavy atom. The predicted molar refractivity (Wildman–Crippen MR) is 116 cm³/mol. The van der Waals surface area contributed by atoms with Crippen LogP contribution in [0.2, 0.25) is 0 Å². The minimum Gasteiger partial charge on any atom is -0.307 e. The third kappa shape index (κ3) is 3.41. The summed E-state index contributed by atoms with van der Waals surface area (Å²) in [4.78, 5) is 23.0. The fraction of sp³-hybridized carbons (Fsp3) is 0.958. The van der Waals surface area contributed by atoms with E-state index in [0.717, 1.165) is 30.6 Å². The molecule has 1 amide bonds. The number of fused-ring (bicyclic) bond motifs is 5. The van der Waals surface area contributed by atoms with Gasteiger partial charge in [-0.25, -0.2) is 0 Å². The van der Waals surface area contributed by atoms with Crippen molar-refractivity contribution in [3.05, 3.63) is 0 Å². The highest BCUT2D eigenvalue weighted by molar-refractivity contribution is 7.40. The minimum absolute atomic E-state index is 0.105. The highest BCUT2D eigenvalue weighted by Crippen LogP contribution is 2.68. The number of amides is 1. The van der Waals surface area contributed by atoms with Crippen LogP contribution in [-0.4, -0.2) is 16.1 Å². The molecule has 0 aliphatic heterocycles. The van der Waals surface area contributed by atoms with E-state index in [2.05, 4.69) is 19.2 Å². The van der Waals surface area contributed by atoms with Crippen LogP contribution < -0.4 is 5.32 Å². The van der Waals surface area contributed by atoms with Gasteiger partial charge in [-0.2, -0.15) is 4.89 Å². The molecule has 0 aromatic carbocycles. The zero-order valence-electron chi connectivity index (χ0n) is 19.1. The molecule has 0 radical (unpaired) electrons. The summed E-state index contributed by atoms with van der Waals surface area (Å²) in [5.41, 5.74) is 0.277. The normalized spacial score (nSPS) is 47.6. The van der Waals surface area contributed by atoms with Crippen molar-refractivity contribution in [2.45, 2.75) is 104 Å². The van der Waals surface area contributed by atoms with Gasteiger partial charge in [0, 0.05) is 18.3 Å². The summed E-state index contributed by atoms with van der Waals surface area (Å²) in [6, 6.07) is 0. The van der Waals surface area contributed by atoms with Crippen LogP contribution in [0.4, 0.5) is 0 Å². The average Bonchev–Trinajstić information content (AvgIpc) is 3.03. The van der Waals surface area contributed by atoms with E-state index in [0.29, 0.717) is 24.2 Å². The monoisotopic (exact) mass is 422 g/mol. The molecule has 4 fully saturated rings. The fourth-order valence-electron chi connectivity index (χ4n) is 7.97. The Morgan fingerprint density at radius 1 is 1.00 bits per heavy atom. The van der Waals surface area contributed by atoms with Gasteiger partial charge in [-0.3, -0.25) is 4.79 Å². The lowest BCUT2D eigenvalue weighted by Crippen LogP contribution is -2.59. The maximum atomic E-state index is 12.7. The van der Waals surface area contributed by atoms with E-state index in [-0.39, 0.29) is 11.3 Å². The van der Waals surface area contributed by atoms with Gasteiger partial charge in [-0.15, -0.1) is 0 Å². The first-order valence-corrected chi connectivity index (χ1v) is 13.1. The second kappa shape index (κ2) is 7.02. The molecule has 0 heterocycles. The summed E-state index contributed by atoms with van der Waals surface area (Å²) in [6.45, 7) is 10.6. The van der Waals surface area contributed by atoms with Gasteiger partial charge in [0.15, 0.2) is 0 Å². The van der Waals surface area contributed by atoms with Crippen LogP contribution in [0.1, 0.15) is 98.8 Å². The molecule has 164 valence electrons. The quantitative estimate of drug-likeness (QED) is 0.535. The van der Waals surface area contributed by atoms with Crippen molar-refractivity contribution >= 4 is 13.9 Å². The minimum atomic E-state index is -2.46. The third-order valence-corrected chi connectivity index (χ3v) is 11.2. The summed E-state index contributed by atoms with van der Waals surface area (Å²) in [5.74, 6) is 2.82. The molecule has 4 aliphatic rings. The number of rotatable bonds is 2. The predicted octanol–water partition coefficient (Wildman–Crippen LogP) is 6.01. The Hall–Kier alpha value is -0.470. The maximum Gasteiger partial charge on any atom is 0.533 e. The highest BCUT2D eigenvalue weighted by atomic mass is 31.1. The Kier molecular flexibility index (Phi) is 5.27. The molecule has 29 heavy (non-hydrogen) atoms. The molecule has 0 aromatic rings. The smallest absolute Gasteiger partial charge is 0.307 e. The van der Waals surface area contributed by atoms with Gasteiger partial charge < -0.3 is 5.32 Å². The standard InChI is InChI=1S/C24H40NO3P/c1-21(2,3)20(26)25-24(29(27)28)14-13-23(5)16(15-24)8-9-17-18-7-6-11-22(18,4)12-10-19(17)23/h16-19H,6-15H2,1-5H3,(H-,25,26,27,28)/p+1/t16-,17?,18?,19?,22+,23+,24?/m1/s1. The molecule has 8 atom stereocenters. The van der Waals surface area contributed by atoms with Crippen molar-refractivity contribution in [3.63, 3.8) is 0 Å². The Labute approximate surface area is 177 Å². The van der Waals surface area contributed by atoms with Crippen molar-refractivity contribution in [2.24, 2.45) is 39.9 Å². The molecule has 4 rings (SSSR count). The maximum absolute atomic E-state index is 12.7. The SMILES string of the molecule is CC(C)(C)C(=O)NC1([P+](=O)O)CC[C@]2(C)C3CC[C@]4(C)CCCC4C3CC[C@@H]2C1. The van der Waals surface area contributed by atoms with Gasteiger partial charge in [0.2, 0.25) is 5.91 Å². The zero-order valence-corrected chi connectivity index (χ0v) is 20.0.